The minimum atomic E-state index is -2.26. The maximum absolute atomic E-state index is 13.4. The zero-order valence-electron chi connectivity index (χ0n) is 9.52. The van der Waals surface area contributed by atoms with E-state index in [1.54, 1.807) is 6.07 Å². The predicted molar refractivity (Wildman–Crippen MR) is 58.5 cm³/mol. The summed E-state index contributed by atoms with van der Waals surface area (Å²) in [7, 11) is 0. The molecule has 102 valence electrons. The van der Waals surface area contributed by atoms with Crippen LogP contribution >= 0.6 is 0 Å². The van der Waals surface area contributed by atoms with E-state index in [1.165, 1.54) is 18.3 Å². The topological polar surface area (TPSA) is 48.7 Å². The summed E-state index contributed by atoms with van der Waals surface area (Å²) in [4.78, 5) is 3.60. The maximum atomic E-state index is 13.4. The van der Waals surface area contributed by atoms with Crippen LogP contribution in [0.3, 0.4) is 0 Å². The van der Waals surface area contributed by atoms with Crippen molar-refractivity contribution in [1.82, 2.24) is 4.98 Å². The fourth-order valence-electron chi connectivity index (χ4n) is 1.43. The second-order valence-electron chi connectivity index (χ2n) is 3.58. The van der Waals surface area contributed by atoms with Gasteiger partial charge in [-0.1, -0.05) is 0 Å². The van der Waals surface area contributed by atoms with Gasteiger partial charge in [0, 0.05) is 6.20 Å². The zero-order chi connectivity index (χ0) is 14.9. The lowest BCUT2D eigenvalue weighted by Crippen LogP contribution is -2.08. The molecule has 20 heavy (non-hydrogen) atoms. The molecule has 0 spiro atoms. The fraction of sp³-hybridized carbons (Fsp3) is 0. The third-order valence-corrected chi connectivity index (χ3v) is 2.38. The normalized spacial score (nSPS) is 10.2. The lowest BCUT2D eigenvalue weighted by Gasteiger charge is -2.10. The Morgan fingerprint density at radius 2 is 1.50 bits per heavy atom. The Hall–Kier alpha value is -2.69. The smallest absolute Gasteiger partial charge is 0.200 e. The molecule has 0 saturated heterocycles. The van der Waals surface area contributed by atoms with Gasteiger partial charge in [-0.25, -0.2) is 26.9 Å². The summed E-state index contributed by atoms with van der Waals surface area (Å²) in [5.41, 5.74) is -1.38. The van der Waals surface area contributed by atoms with Crippen LogP contribution in [0.5, 0.6) is 0 Å². The highest BCUT2D eigenvalue weighted by molar-refractivity contribution is 5.63. The zero-order valence-corrected chi connectivity index (χ0v) is 9.52. The summed E-state index contributed by atoms with van der Waals surface area (Å²) in [5, 5.41) is 10.7. The quantitative estimate of drug-likeness (QED) is 0.522. The van der Waals surface area contributed by atoms with Crippen LogP contribution in [-0.4, -0.2) is 4.98 Å². The van der Waals surface area contributed by atoms with Crippen LogP contribution in [0.1, 0.15) is 5.56 Å². The van der Waals surface area contributed by atoms with Gasteiger partial charge in [0.25, 0.3) is 0 Å². The third-order valence-electron chi connectivity index (χ3n) is 2.38. The summed E-state index contributed by atoms with van der Waals surface area (Å²) in [6.07, 6.45) is 1.19. The van der Waals surface area contributed by atoms with Crippen molar-refractivity contribution in [3.8, 4) is 6.07 Å². The van der Waals surface area contributed by atoms with Gasteiger partial charge >= 0.3 is 0 Å². The van der Waals surface area contributed by atoms with Crippen molar-refractivity contribution >= 4 is 11.5 Å². The number of benzene rings is 1. The SMILES string of the molecule is N#Cc1cccnc1Nc1c(F)c(F)c(F)c(F)c1F. The van der Waals surface area contributed by atoms with Gasteiger partial charge in [-0.15, -0.1) is 0 Å². The minimum absolute atomic E-state index is 0.114. The molecule has 1 N–H and O–H groups in total. The Morgan fingerprint density at radius 3 is 2.05 bits per heavy atom. The van der Waals surface area contributed by atoms with E-state index in [1.807, 2.05) is 5.32 Å². The van der Waals surface area contributed by atoms with E-state index in [0.29, 0.717) is 0 Å². The second kappa shape index (κ2) is 5.13. The van der Waals surface area contributed by atoms with Crippen molar-refractivity contribution in [2.75, 3.05) is 5.32 Å². The highest BCUT2D eigenvalue weighted by Gasteiger charge is 2.26. The number of hydrogen-bond donors (Lipinski definition) is 1. The highest BCUT2D eigenvalue weighted by atomic mass is 19.2. The molecule has 2 aromatic rings. The van der Waals surface area contributed by atoms with Crippen molar-refractivity contribution in [2.24, 2.45) is 0 Å². The molecule has 3 nitrogen and oxygen atoms in total. The molecule has 0 amide bonds. The molecule has 0 fully saturated rings. The van der Waals surface area contributed by atoms with Crippen molar-refractivity contribution in [2.45, 2.75) is 0 Å². The number of halogens is 5. The maximum Gasteiger partial charge on any atom is 0.200 e. The Balaban J connectivity index is 2.58. The van der Waals surface area contributed by atoms with Crippen LogP contribution in [-0.2, 0) is 0 Å². The summed E-state index contributed by atoms with van der Waals surface area (Å²) >= 11 is 0. The largest absolute Gasteiger partial charge is 0.334 e. The number of aromatic nitrogens is 1. The van der Waals surface area contributed by atoms with Crippen LogP contribution < -0.4 is 5.32 Å². The molecule has 0 atom stereocenters. The van der Waals surface area contributed by atoms with E-state index in [2.05, 4.69) is 4.98 Å². The van der Waals surface area contributed by atoms with Crippen LogP contribution in [0.2, 0.25) is 0 Å². The molecule has 0 aliphatic carbocycles. The van der Waals surface area contributed by atoms with Gasteiger partial charge in [0.05, 0.1) is 5.56 Å². The van der Waals surface area contributed by atoms with E-state index in [0.717, 1.165) is 0 Å². The monoisotopic (exact) mass is 285 g/mol. The number of nitrogens with zero attached hydrogens (tertiary/aromatic N) is 2. The van der Waals surface area contributed by atoms with E-state index < -0.39 is 34.8 Å². The van der Waals surface area contributed by atoms with Gasteiger partial charge in [-0.2, -0.15) is 5.26 Å². The first kappa shape index (κ1) is 13.7. The first-order chi connectivity index (χ1) is 9.47. The number of nitriles is 1. The Kier molecular flexibility index (Phi) is 3.52. The van der Waals surface area contributed by atoms with E-state index in [-0.39, 0.29) is 11.4 Å². The molecule has 2 rings (SSSR count). The summed E-state index contributed by atoms with van der Waals surface area (Å²) in [5.74, 6) is -10.8. The highest BCUT2D eigenvalue weighted by Crippen LogP contribution is 2.29. The van der Waals surface area contributed by atoms with Crippen molar-refractivity contribution in [3.63, 3.8) is 0 Å². The van der Waals surface area contributed by atoms with Gasteiger partial charge in [0.2, 0.25) is 5.82 Å². The van der Waals surface area contributed by atoms with Crippen LogP contribution in [0.25, 0.3) is 0 Å². The number of pyridine rings is 1. The summed E-state index contributed by atoms with van der Waals surface area (Å²) < 4.78 is 65.7. The van der Waals surface area contributed by atoms with Gasteiger partial charge in [0.15, 0.2) is 23.3 Å². The first-order valence-corrected chi connectivity index (χ1v) is 5.11. The lowest BCUT2D eigenvalue weighted by atomic mass is 10.2. The lowest BCUT2D eigenvalue weighted by molar-refractivity contribution is 0.382. The first-order valence-electron chi connectivity index (χ1n) is 5.11. The Labute approximate surface area is 109 Å². The third kappa shape index (κ3) is 2.14. The molecule has 0 bridgehead atoms. The second-order valence-corrected chi connectivity index (χ2v) is 3.58. The molecule has 0 unspecified atom stereocenters. The Morgan fingerprint density at radius 1 is 0.950 bits per heavy atom. The molecule has 0 aliphatic rings. The average molecular weight is 285 g/mol. The molecule has 1 aromatic heterocycles. The van der Waals surface area contributed by atoms with Gasteiger partial charge in [0.1, 0.15) is 17.6 Å². The number of nitrogens with one attached hydrogen (secondary N) is 1. The van der Waals surface area contributed by atoms with Gasteiger partial charge in [-0.05, 0) is 12.1 Å². The van der Waals surface area contributed by atoms with Crippen molar-refractivity contribution in [3.05, 3.63) is 53.0 Å². The molecule has 1 aromatic carbocycles. The van der Waals surface area contributed by atoms with Crippen molar-refractivity contribution in [1.29, 1.82) is 5.26 Å². The summed E-state index contributed by atoms with van der Waals surface area (Å²) in [6.45, 7) is 0. The van der Waals surface area contributed by atoms with Crippen LogP contribution in [0, 0.1) is 40.4 Å². The number of anilines is 2. The minimum Gasteiger partial charge on any atom is -0.334 e. The summed E-state index contributed by atoms with van der Waals surface area (Å²) in [6, 6.07) is 4.31. The molecule has 0 saturated carbocycles. The van der Waals surface area contributed by atoms with Gasteiger partial charge < -0.3 is 5.32 Å². The number of hydrogen-bond acceptors (Lipinski definition) is 3. The van der Waals surface area contributed by atoms with Crippen LogP contribution in [0.4, 0.5) is 33.5 Å². The van der Waals surface area contributed by atoms with Crippen LogP contribution in [0.15, 0.2) is 18.3 Å². The molecule has 1 heterocycles. The molecule has 8 heteroatoms. The molecular formula is C12H4F5N3. The Bertz CT molecular complexity index is 695. The predicted octanol–water partition coefficient (Wildman–Crippen LogP) is 3.39. The number of rotatable bonds is 2. The molecular weight excluding hydrogens is 281 g/mol. The van der Waals surface area contributed by atoms with Crippen molar-refractivity contribution < 1.29 is 22.0 Å². The standard InChI is InChI=1S/C12H4F5N3/c13-6-7(14)9(16)11(10(17)8(6)15)20-12-5(4-18)2-1-3-19-12/h1-3H,(H,19,20). The molecule has 0 aliphatic heterocycles. The van der Waals surface area contributed by atoms with E-state index in [4.69, 9.17) is 5.26 Å². The molecule has 0 radical (unpaired) electrons. The van der Waals surface area contributed by atoms with E-state index >= 15 is 0 Å². The van der Waals surface area contributed by atoms with E-state index in [9.17, 15) is 22.0 Å². The van der Waals surface area contributed by atoms with Gasteiger partial charge in [-0.3, -0.25) is 0 Å². The average Bonchev–Trinajstić information content (AvgIpc) is 2.48. The fourth-order valence-corrected chi connectivity index (χ4v) is 1.43.